The first-order chi connectivity index (χ1) is 13.4. The van der Waals surface area contributed by atoms with Gasteiger partial charge in [-0.3, -0.25) is 0 Å². The second-order valence-corrected chi connectivity index (χ2v) is 8.97. The van der Waals surface area contributed by atoms with E-state index in [-0.39, 0.29) is 7.92 Å². The Morgan fingerprint density at radius 1 is 0.704 bits per heavy atom. The molecule has 2 nitrogen and oxygen atoms in total. The standard InChI is InChI=1S/C24H24N2P/c1-4-10-22(11-5-1)20-26-17-16-25(21-26)18-19-27(23-12-6-2-7-13-23)24-14-8-3-9-15-24/h1-17,21H,18-20H2/q+1. The molecule has 0 aliphatic rings. The summed E-state index contributed by atoms with van der Waals surface area (Å²) in [5.74, 6) is 0. The maximum absolute atomic E-state index is 2.31. The van der Waals surface area contributed by atoms with Crippen molar-refractivity contribution in [2.45, 2.75) is 13.1 Å². The predicted molar refractivity (Wildman–Crippen MR) is 114 cm³/mol. The molecule has 0 unspecified atom stereocenters. The van der Waals surface area contributed by atoms with Gasteiger partial charge >= 0.3 is 0 Å². The van der Waals surface area contributed by atoms with Crippen molar-refractivity contribution in [3.05, 3.63) is 115 Å². The van der Waals surface area contributed by atoms with E-state index in [2.05, 4.69) is 119 Å². The van der Waals surface area contributed by atoms with Gasteiger partial charge in [0.15, 0.2) is 0 Å². The number of benzene rings is 3. The summed E-state index contributed by atoms with van der Waals surface area (Å²) in [6.45, 7) is 1.94. The number of imidazole rings is 1. The van der Waals surface area contributed by atoms with Gasteiger partial charge in [-0.1, -0.05) is 91.0 Å². The minimum Gasteiger partial charge on any atom is -0.236 e. The zero-order valence-corrected chi connectivity index (χ0v) is 16.2. The van der Waals surface area contributed by atoms with Crippen LogP contribution in [0, 0.1) is 0 Å². The average molecular weight is 371 g/mol. The lowest BCUT2D eigenvalue weighted by atomic mass is 10.2. The smallest absolute Gasteiger partial charge is 0.236 e. The number of rotatable bonds is 7. The summed E-state index contributed by atoms with van der Waals surface area (Å²) in [6.07, 6.45) is 7.71. The van der Waals surface area contributed by atoms with Gasteiger partial charge in [-0.2, -0.15) is 0 Å². The largest absolute Gasteiger partial charge is 0.244 e. The summed E-state index contributed by atoms with van der Waals surface area (Å²) in [5, 5.41) is 2.89. The minimum atomic E-state index is -0.343. The Balaban J connectivity index is 1.47. The maximum Gasteiger partial charge on any atom is 0.244 e. The van der Waals surface area contributed by atoms with Crippen molar-refractivity contribution in [3.63, 3.8) is 0 Å². The van der Waals surface area contributed by atoms with E-state index < -0.39 is 0 Å². The summed E-state index contributed by atoms with van der Waals surface area (Å²) >= 11 is 0. The molecule has 4 rings (SSSR count). The Morgan fingerprint density at radius 2 is 1.26 bits per heavy atom. The van der Waals surface area contributed by atoms with Crippen molar-refractivity contribution in [1.29, 1.82) is 0 Å². The fourth-order valence-electron chi connectivity index (χ4n) is 3.30. The lowest BCUT2D eigenvalue weighted by Crippen LogP contribution is -2.31. The van der Waals surface area contributed by atoms with Gasteiger partial charge < -0.3 is 0 Å². The first-order valence-electron chi connectivity index (χ1n) is 9.35. The van der Waals surface area contributed by atoms with E-state index in [0.29, 0.717) is 0 Å². The van der Waals surface area contributed by atoms with E-state index in [9.17, 15) is 0 Å². The second-order valence-electron chi connectivity index (χ2n) is 6.63. The van der Waals surface area contributed by atoms with Crippen molar-refractivity contribution in [1.82, 2.24) is 4.57 Å². The minimum absolute atomic E-state index is 0.343. The summed E-state index contributed by atoms with van der Waals surface area (Å²) in [6, 6.07) is 32.5. The third-order valence-electron chi connectivity index (χ3n) is 4.67. The number of hydrogen-bond acceptors (Lipinski definition) is 0. The highest BCUT2D eigenvalue weighted by Crippen LogP contribution is 2.33. The van der Waals surface area contributed by atoms with Crippen molar-refractivity contribution < 1.29 is 4.57 Å². The molecule has 3 aromatic carbocycles. The van der Waals surface area contributed by atoms with Crippen LogP contribution >= 0.6 is 7.92 Å². The van der Waals surface area contributed by atoms with Crippen LogP contribution in [0.4, 0.5) is 0 Å². The quantitative estimate of drug-likeness (QED) is 0.344. The molecule has 0 amide bonds. The molecular formula is C24H24N2P+. The molecule has 0 radical (unpaired) electrons. The number of nitrogens with zero attached hydrogens (tertiary/aromatic N) is 2. The highest BCUT2D eigenvalue weighted by molar-refractivity contribution is 7.73. The molecule has 1 heterocycles. The van der Waals surface area contributed by atoms with Gasteiger partial charge in [0.25, 0.3) is 0 Å². The molecule has 0 saturated carbocycles. The zero-order valence-electron chi connectivity index (χ0n) is 15.4. The van der Waals surface area contributed by atoms with Gasteiger partial charge in [0.05, 0.1) is 6.54 Å². The highest BCUT2D eigenvalue weighted by atomic mass is 31.1. The summed E-state index contributed by atoms with van der Waals surface area (Å²) < 4.78 is 4.56. The lowest BCUT2D eigenvalue weighted by Gasteiger charge is -2.17. The first-order valence-corrected chi connectivity index (χ1v) is 10.9. The Labute approximate surface area is 162 Å². The number of aryl methyl sites for hydroxylation is 1. The van der Waals surface area contributed by atoms with E-state index in [4.69, 9.17) is 0 Å². The molecule has 0 aliphatic heterocycles. The number of hydrogen-bond donors (Lipinski definition) is 0. The van der Waals surface area contributed by atoms with Crippen molar-refractivity contribution >= 4 is 18.5 Å². The topological polar surface area (TPSA) is 8.81 Å². The molecule has 1 aromatic heterocycles. The van der Waals surface area contributed by atoms with Crippen LogP contribution in [-0.4, -0.2) is 10.7 Å². The van der Waals surface area contributed by atoms with Crippen LogP contribution in [0.2, 0.25) is 0 Å². The van der Waals surface area contributed by atoms with E-state index in [1.54, 1.807) is 0 Å². The summed E-state index contributed by atoms with van der Waals surface area (Å²) in [4.78, 5) is 0. The van der Waals surface area contributed by atoms with Crippen LogP contribution in [0.25, 0.3) is 0 Å². The third kappa shape index (κ3) is 4.72. The predicted octanol–water partition coefficient (Wildman–Crippen LogP) is 3.96. The summed E-state index contributed by atoms with van der Waals surface area (Å²) in [5.41, 5.74) is 1.33. The lowest BCUT2D eigenvalue weighted by molar-refractivity contribution is -0.687. The van der Waals surface area contributed by atoms with Crippen LogP contribution in [0.1, 0.15) is 5.56 Å². The van der Waals surface area contributed by atoms with Crippen LogP contribution in [0.5, 0.6) is 0 Å². The highest BCUT2D eigenvalue weighted by Gasteiger charge is 2.15. The van der Waals surface area contributed by atoms with Crippen LogP contribution in [0.3, 0.4) is 0 Å². The molecule has 0 atom stereocenters. The van der Waals surface area contributed by atoms with Gasteiger partial charge in [0, 0.05) is 6.16 Å². The molecule has 0 bridgehead atoms. The fraction of sp³-hybridized carbons (Fsp3) is 0.125. The molecule has 134 valence electrons. The van der Waals surface area contributed by atoms with Gasteiger partial charge in [0.2, 0.25) is 6.33 Å². The van der Waals surface area contributed by atoms with Crippen molar-refractivity contribution in [2.24, 2.45) is 0 Å². The Morgan fingerprint density at radius 3 is 1.85 bits per heavy atom. The van der Waals surface area contributed by atoms with E-state index in [1.807, 2.05) is 0 Å². The van der Waals surface area contributed by atoms with Crippen LogP contribution in [0.15, 0.2) is 110 Å². The molecular weight excluding hydrogens is 347 g/mol. The normalized spacial score (nSPS) is 11.0. The zero-order chi connectivity index (χ0) is 18.3. The fourth-order valence-corrected chi connectivity index (χ4v) is 5.61. The van der Waals surface area contributed by atoms with Gasteiger partial charge in [0.1, 0.15) is 18.9 Å². The van der Waals surface area contributed by atoms with Gasteiger partial charge in [-0.05, 0) is 24.1 Å². The Hall–Kier alpha value is -2.70. The second kappa shape index (κ2) is 8.79. The SMILES string of the molecule is c1ccc(C[n+]2ccn(CCP(c3ccccc3)c3ccccc3)c2)cc1. The molecule has 3 heteroatoms. The molecule has 0 aliphatic carbocycles. The van der Waals surface area contributed by atoms with E-state index >= 15 is 0 Å². The Bertz CT molecular complexity index is 910. The molecule has 0 saturated heterocycles. The van der Waals surface area contributed by atoms with Crippen molar-refractivity contribution in [3.8, 4) is 0 Å². The van der Waals surface area contributed by atoms with Crippen LogP contribution < -0.4 is 15.2 Å². The summed E-state index contributed by atoms with van der Waals surface area (Å²) in [7, 11) is -0.343. The van der Waals surface area contributed by atoms with Gasteiger partial charge in [-0.25, -0.2) is 9.13 Å². The first kappa shape index (κ1) is 17.7. The van der Waals surface area contributed by atoms with Gasteiger partial charge in [-0.15, -0.1) is 0 Å². The van der Waals surface area contributed by atoms with E-state index in [1.165, 1.54) is 16.2 Å². The molecule has 4 aromatic rings. The average Bonchev–Trinajstić information content (AvgIpc) is 3.18. The van der Waals surface area contributed by atoms with Crippen molar-refractivity contribution in [2.75, 3.05) is 6.16 Å². The molecule has 27 heavy (non-hydrogen) atoms. The van der Waals surface area contributed by atoms with E-state index in [0.717, 1.165) is 19.3 Å². The molecule has 0 spiro atoms. The Kier molecular flexibility index (Phi) is 5.76. The monoisotopic (exact) mass is 371 g/mol. The third-order valence-corrected chi connectivity index (χ3v) is 7.16. The maximum atomic E-state index is 2.31. The van der Waals surface area contributed by atoms with Crippen LogP contribution in [-0.2, 0) is 13.1 Å². The molecule has 0 fully saturated rings. The number of aromatic nitrogens is 2. The molecule has 0 N–H and O–H groups in total.